The van der Waals surface area contributed by atoms with Crippen LogP contribution in [0.15, 0.2) is 30.3 Å². The molecule has 0 aliphatic heterocycles. The first kappa shape index (κ1) is 13.8. The van der Waals surface area contributed by atoms with E-state index in [0.29, 0.717) is 0 Å². The summed E-state index contributed by atoms with van der Waals surface area (Å²) in [7, 11) is 0. The average Bonchev–Trinajstić information content (AvgIpc) is 2.33. The molecule has 0 radical (unpaired) electrons. The van der Waals surface area contributed by atoms with Crippen LogP contribution in [-0.4, -0.2) is 5.11 Å². The number of aliphatic hydroxyl groups is 1. The summed E-state index contributed by atoms with van der Waals surface area (Å²) < 4.78 is 13.1. The van der Waals surface area contributed by atoms with Gasteiger partial charge in [0.05, 0.1) is 0 Å². The van der Waals surface area contributed by atoms with Crippen molar-refractivity contribution in [3.8, 4) is 0 Å². The normalized spacial score (nSPS) is 12.5. The molecule has 1 atom stereocenters. The van der Waals surface area contributed by atoms with Crippen molar-refractivity contribution in [2.75, 3.05) is 0 Å². The number of benzene rings is 2. The van der Waals surface area contributed by atoms with Crippen LogP contribution in [0.2, 0.25) is 0 Å². The summed E-state index contributed by atoms with van der Waals surface area (Å²) in [5.74, 6) is -0.273. The first-order chi connectivity index (χ1) is 8.90. The first-order valence-corrected chi connectivity index (χ1v) is 6.42. The Kier molecular flexibility index (Phi) is 3.72. The third kappa shape index (κ3) is 2.69. The lowest BCUT2D eigenvalue weighted by molar-refractivity contribution is 0.218. The number of hydrogen-bond acceptors (Lipinski definition) is 1. The lowest BCUT2D eigenvalue weighted by Gasteiger charge is -2.18. The third-order valence-electron chi connectivity index (χ3n) is 3.70. The van der Waals surface area contributed by atoms with Crippen LogP contribution in [0.1, 0.15) is 39.5 Å². The highest BCUT2D eigenvalue weighted by Crippen LogP contribution is 2.29. The Balaban J connectivity index is 2.49. The fourth-order valence-corrected chi connectivity index (χ4v) is 2.39. The maximum atomic E-state index is 13.1. The van der Waals surface area contributed by atoms with Gasteiger partial charge in [-0.2, -0.15) is 0 Å². The van der Waals surface area contributed by atoms with E-state index in [1.54, 1.807) is 6.07 Å². The molecule has 0 aliphatic rings. The van der Waals surface area contributed by atoms with Gasteiger partial charge < -0.3 is 5.11 Å². The molecule has 100 valence electrons. The Morgan fingerprint density at radius 2 is 1.37 bits per heavy atom. The summed E-state index contributed by atoms with van der Waals surface area (Å²) in [5.41, 5.74) is 5.83. The van der Waals surface area contributed by atoms with Gasteiger partial charge in [-0.25, -0.2) is 4.39 Å². The lowest BCUT2D eigenvalue weighted by atomic mass is 9.92. The van der Waals surface area contributed by atoms with Crippen LogP contribution in [0.4, 0.5) is 4.39 Å². The maximum Gasteiger partial charge on any atom is 0.123 e. The number of aryl methyl sites for hydroxylation is 4. The Hall–Kier alpha value is -1.67. The minimum absolute atomic E-state index is 0.273. The van der Waals surface area contributed by atoms with Crippen molar-refractivity contribution in [2.24, 2.45) is 0 Å². The van der Waals surface area contributed by atoms with E-state index in [1.165, 1.54) is 17.7 Å². The molecule has 0 spiro atoms. The van der Waals surface area contributed by atoms with E-state index in [1.807, 2.05) is 26.8 Å². The van der Waals surface area contributed by atoms with Crippen LogP contribution >= 0.6 is 0 Å². The summed E-state index contributed by atoms with van der Waals surface area (Å²) in [6, 6.07) is 8.59. The zero-order valence-corrected chi connectivity index (χ0v) is 11.8. The fourth-order valence-electron chi connectivity index (χ4n) is 2.39. The van der Waals surface area contributed by atoms with Gasteiger partial charge in [-0.3, -0.25) is 0 Å². The Morgan fingerprint density at radius 1 is 0.789 bits per heavy atom. The molecule has 0 fully saturated rings. The van der Waals surface area contributed by atoms with Crippen LogP contribution in [0, 0.1) is 33.5 Å². The molecular formula is C17H19FO. The van der Waals surface area contributed by atoms with Gasteiger partial charge in [-0.15, -0.1) is 0 Å². The molecule has 0 saturated carbocycles. The second-order valence-corrected chi connectivity index (χ2v) is 5.20. The van der Waals surface area contributed by atoms with Gasteiger partial charge in [0.2, 0.25) is 0 Å². The zero-order valence-electron chi connectivity index (χ0n) is 11.8. The summed E-state index contributed by atoms with van der Waals surface area (Å²) in [6.07, 6.45) is -0.708. The van der Waals surface area contributed by atoms with Crippen molar-refractivity contribution in [3.63, 3.8) is 0 Å². The molecule has 0 amide bonds. The molecule has 0 saturated heterocycles. The summed E-state index contributed by atoms with van der Waals surface area (Å²) in [5, 5.41) is 10.5. The number of aliphatic hydroxyl groups excluding tert-OH is 1. The van der Waals surface area contributed by atoms with E-state index in [-0.39, 0.29) is 5.82 Å². The second kappa shape index (κ2) is 5.14. The van der Waals surface area contributed by atoms with Crippen molar-refractivity contribution in [1.29, 1.82) is 0 Å². The van der Waals surface area contributed by atoms with E-state index in [9.17, 15) is 9.50 Å². The molecule has 0 aromatic heterocycles. The van der Waals surface area contributed by atoms with Crippen molar-refractivity contribution >= 4 is 0 Å². The predicted molar refractivity (Wildman–Crippen MR) is 75.9 cm³/mol. The molecule has 2 heteroatoms. The number of rotatable bonds is 2. The van der Waals surface area contributed by atoms with Crippen LogP contribution in [0.3, 0.4) is 0 Å². The smallest absolute Gasteiger partial charge is 0.123 e. The molecule has 2 rings (SSSR count). The molecular weight excluding hydrogens is 239 g/mol. The van der Waals surface area contributed by atoms with E-state index in [2.05, 4.69) is 13.0 Å². The van der Waals surface area contributed by atoms with Crippen molar-refractivity contribution < 1.29 is 9.50 Å². The SMILES string of the molecule is Cc1cc(C)c(C(O)c2ccc(F)cc2C)cc1C. The topological polar surface area (TPSA) is 20.2 Å². The highest BCUT2D eigenvalue weighted by Gasteiger charge is 2.16. The minimum atomic E-state index is -0.708. The third-order valence-corrected chi connectivity index (χ3v) is 3.70. The predicted octanol–water partition coefficient (Wildman–Crippen LogP) is 4.14. The summed E-state index contributed by atoms with van der Waals surface area (Å²) in [4.78, 5) is 0. The van der Waals surface area contributed by atoms with Crippen LogP contribution in [-0.2, 0) is 0 Å². The van der Waals surface area contributed by atoms with E-state index in [0.717, 1.165) is 27.8 Å². The van der Waals surface area contributed by atoms with Gasteiger partial charge in [0, 0.05) is 0 Å². The monoisotopic (exact) mass is 258 g/mol. The van der Waals surface area contributed by atoms with Crippen molar-refractivity contribution in [3.05, 3.63) is 69.5 Å². The highest BCUT2D eigenvalue weighted by molar-refractivity contribution is 5.43. The van der Waals surface area contributed by atoms with Gasteiger partial charge >= 0.3 is 0 Å². The molecule has 19 heavy (non-hydrogen) atoms. The Labute approximate surface area is 113 Å². The Bertz CT molecular complexity index is 617. The first-order valence-electron chi connectivity index (χ1n) is 6.42. The lowest BCUT2D eigenvalue weighted by Crippen LogP contribution is -2.05. The molecule has 1 N–H and O–H groups in total. The van der Waals surface area contributed by atoms with Crippen LogP contribution < -0.4 is 0 Å². The van der Waals surface area contributed by atoms with Gasteiger partial charge in [-0.1, -0.05) is 18.2 Å². The molecule has 1 unspecified atom stereocenters. The molecule has 0 aliphatic carbocycles. The van der Waals surface area contributed by atoms with Crippen LogP contribution in [0.25, 0.3) is 0 Å². The van der Waals surface area contributed by atoms with Gasteiger partial charge in [-0.05, 0) is 73.2 Å². The van der Waals surface area contributed by atoms with Crippen molar-refractivity contribution in [1.82, 2.24) is 0 Å². The number of hydrogen-bond donors (Lipinski definition) is 1. The molecule has 2 aromatic rings. The molecule has 1 nitrogen and oxygen atoms in total. The molecule has 2 aromatic carbocycles. The van der Waals surface area contributed by atoms with E-state index in [4.69, 9.17) is 0 Å². The maximum absolute atomic E-state index is 13.1. The minimum Gasteiger partial charge on any atom is -0.384 e. The summed E-state index contributed by atoms with van der Waals surface area (Å²) in [6.45, 7) is 7.89. The molecule has 0 heterocycles. The summed E-state index contributed by atoms with van der Waals surface area (Å²) >= 11 is 0. The fraction of sp³-hybridized carbons (Fsp3) is 0.294. The van der Waals surface area contributed by atoms with E-state index < -0.39 is 6.10 Å². The van der Waals surface area contributed by atoms with Crippen LogP contribution in [0.5, 0.6) is 0 Å². The average molecular weight is 258 g/mol. The van der Waals surface area contributed by atoms with Gasteiger partial charge in [0.1, 0.15) is 11.9 Å². The molecule has 0 bridgehead atoms. The largest absolute Gasteiger partial charge is 0.384 e. The standard InChI is InChI=1S/C17H19FO/c1-10-7-12(3)16(9-11(10)2)17(19)15-6-5-14(18)8-13(15)4/h5-9,17,19H,1-4H3. The van der Waals surface area contributed by atoms with E-state index >= 15 is 0 Å². The highest BCUT2D eigenvalue weighted by atomic mass is 19.1. The second-order valence-electron chi connectivity index (χ2n) is 5.20. The van der Waals surface area contributed by atoms with Gasteiger partial charge in [0.25, 0.3) is 0 Å². The van der Waals surface area contributed by atoms with Gasteiger partial charge in [0.15, 0.2) is 0 Å². The Morgan fingerprint density at radius 3 is 2.00 bits per heavy atom. The number of halogens is 1. The quantitative estimate of drug-likeness (QED) is 0.858. The zero-order chi connectivity index (χ0) is 14.2. The van der Waals surface area contributed by atoms with Crippen molar-refractivity contribution in [2.45, 2.75) is 33.8 Å².